The van der Waals surface area contributed by atoms with Crippen molar-refractivity contribution in [1.29, 1.82) is 0 Å². The van der Waals surface area contributed by atoms with Gasteiger partial charge in [0.15, 0.2) is 0 Å². The van der Waals surface area contributed by atoms with E-state index in [9.17, 15) is 4.79 Å². The number of carbonyl (C=O) groups is 1. The first-order valence-corrected chi connectivity index (χ1v) is 7.31. The topological polar surface area (TPSA) is 47.6 Å². The molecular formula is C16H23NO3. The fraction of sp³-hybridized carbons (Fsp3) is 0.562. The molecule has 0 saturated carbocycles. The molecule has 20 heavy (non-hydrogen) atoms. The minimum Gasteiger partial charge on any atom is -0.494 e. The number of ether oxygens (including phenoxy) is 2. The number of nitrogens with one attached hydrogen (secondary N) is 1. The zero-order valence-corrected chi connectivity index (χ0v) is 12.1. The summed E-state index contributed by atoms with van der Waals surface area (Å²) in [6.45, 7) is 3.04. The van der Waals surface area contributed by atoms with Gasteiger partial charge in [-0.05, 0) is 69.0 Å². The summed E-state index contributed by atoms with van der Waals surface area (Å²) in [5, 5.41) is 3.43. The standard InChI is InChI=1S/C16H23NO3/c1-19-16(18)14-6-8-15(9-7-14)20-11-3-5-13-4-2-10-17-12-13/h6-9,13,17H,2-5,10-12H2,1H3. The molecule has 2 rings (SSSR count). The fourth-order valence-electron chi connectivity index (χ4n) is 2.54. The van der Waals surface area contributed by atoms with Gasteiger partial charge in [-0.1, -0.05) is 0 Å². The van der Waals surface area contributed by atoms with E-state index in [2.05, 4.69) is 10.1 Å². The lowest BCUT2D eigenvalue weighted by Gasteiger charge is -2.22. The molecule has 1 aromatic rings. The molecule has 1 fully saturated rings. The molecular weight excluding hydrogens is 254 g/mol. The summed E-state index contributed by atoms with van der Waals surface area (Å²) in [6, 6.07) is 7.08. The monoisotopic (exact) mass is 277 g/mol. The molecule has 1 unspecified atom stereocenters. The van der Waals surface area contributed by atoms with Crippen molar-refractivity contribution in [2.45, 2.75) is 25.7 Å². The van der Waals surface area contributed by atoms with Gasteiger partial charge in [0.05, 0.1) is 19.3 Å². The lowest BCUT2D eigenvalue weighted by Crippen LogP contribution is -2.29. The second kappa shape index (κ2) is 7.90. The number of benzene rings is 1. The second-order valence-electron chi connectivity index (χ2n) is 5.22. The van der Waals surface area contributed by atoms with Crippen molar-refractivity contribution in [3.8, 4) is 5.75 Å². The molecule has 0 amide bonds. The van der Waals surface area contributed by atoms with E-state index in [1.54, 1.807) is 12.1 Å². The number of hydrogen-bond donors (Lipinski definition) is 1. The third kappa shape index (κ3) is 4.53. The summed E-state index contributed by atoms with van der Waals surface area (Å²) in [7, 11) is 1.38. The quantitative estimate of drug-likeness (QED) is 0.641. The van der Waals surface area contributed by atoms with E-state index >= 15 is 0 Å². The van der Waals surface area contributed by atoms with E-state index < -0.39 is 0 Å². The number of piperidine rings is 1. The fourth-order valence-corrected chi connectivity index (χ4v) is 2.54. The van der Waals surface area contributed by atoms with Crippen LogP contribution in [0.5, 0.6) is 5.75 Å². The van der Waals surface area contributed by atoms with Crippen LogP contribution in [0.1, 0.15) is 36.0 Å². The first-order chi connectivity index (χ1) is 9.79. The molecule has 1 aromatic carbocycles. The SMILES string of the molecule is COC(=O)c1ccc(OCCCC2CCCNC2)cc1. The van der Waals surface area contributed by atoms with Crippen LogP contribution in [0.2, 0.25) is 0 Å². The highest BCUT2D eigenvalue weighted by atomic mass is 16.5. The Bertz CT molecular complexity index is 410. The van der Waals surface area contributed by atoms with E-state index in [0.29, 0.717) is 5.56 Å². The van der Waals surface area contributed by atoms with E-state index in [4.69, 9.17) is 4.74 Å². The van der Waals surface area contributed by atoms with Gasteiger partial charge in [-0.15, -0.1) is 0 Å². The van der Waals surface area contributed by atoms with Gasteiger partial charge in [0.1, 0.15) is 5.75 Å². The van der Waals surface area contributed by atoms with Crippen LogP contribution in [0.15, 0.2) is 24.3 Å². The van der Waals surface area contributed by atoms with Gasteiger partial charge in [-0.2, -0.15) is 0 Å². The summed E-state index contributed by atoms with van der Waals surface area (Å²) in [5.41, 5.74) is 0.549. The Hall–Kier alpha value is -1.55. The number of rotatable bonds is 6. The molecule has 4 heteroatoms. The average Bonchev–Trinajstić information content (AvgIpc) is 2.52. The molecule has 0 bridgehead atoms. The van der Waals surface area contributed by atoms with Crippen LogP contribution in [0.25, 0.3) is 0 Å². The second-order valence-corrected chi connectivity index (χ2v) is 5.22. The first kappa shape index (κ1) is 14.9. The highest BCUT2D eigenvalue weighted by molar-refractivity contribution is 5.89. The molecule has 4 nitrogen and oxygen atoms in total. The summed E-state index contributed by atoms with van der Waals surface area (Å²) in [5.74, 6) is 1.29. The lowest BCUT2D eigenvalue weighted by molar-refractivity contribution is 0.0600. The zero-order valence-electron chi connectivity index (χ0n) is 12.1. The van der Waals surface area contributed by atoms with E-state index in [1.165, 1.54) is 32.9 Å². The van der Waals surface area contributed by atoms with Crippen LogP contribution >= 0.6 is 0 Å². The minimum absolute atomic E-state index is 0.318. The van der Waals surface area contributed by atoms with E-state index in [-0.39, 0.29) is 5.97 Å². The van der Waals surface area contributed by atoms with Gasteiger partial charge in [0.2, 0.25) is 0 Å². The Kier molecular flexibility index (Phi) is 5.87. The van der Waals surface area contributed by atoms with E-state index in [0.717, 1.165) is 31.2 Å². The lowest BCUT2D eigenvalue weighted by atomic mass is 9.95. The average molecular weight is 277 g/mol. The molecule has 1 N–H and O–H groups in total. The highest BCUT2D eigenvalue weighted by Crippen LogP contribution is 2.17. The molecule has 110 valence electrons. The van der Waals surface area contributed by atoms with Crippen molar-refractivity contribution in [2.24, 2.45) is 5.92 Å². The van der Waals surface area contributed by atoms with Gasteiger partial charge in [-0.3, -0.25) is 0 Å². The van der Waals surface area contributed by atoms with Gasteiger partial charge >= 0.3 is 5.97 Å². The van der Waals surface area contributed by atoms with Gasteiger partial charge in [0.25, 0.3) is 0 Å². The Labute approximate surface area is 120 Å². The molecule has 1 atom stereocenters. The minimum atomic E-state index is -0.318. The van der Waals surface area contributed by atoms with Crippen LogP contribution in [0.4, 0.5) is 0 Å². The maximum atomic E-state index is 11.3. The summed E-state index contributed by atoms with van der Waals surface area (Å²) < 4.78 is 10.3. The smallest absolute Gasteiger partial charge is 0.337 e. The predicted molar refractivity (Wildman–Crippen MR) is 78.1 cm³/mol. The molecule has 1 saturated heterocycles. The van der Waals surface area contributed by atoms with Crippen molar-refractivity contribution in [1.82, 2.24) is 5.32 Å². The largest absolute Gasteiger partial charge is 0.494 e. The van der Waals surface area contributed by atoms with Crippen LogP contribution in [0, 0.1) is 5.92 Å². The Morgan fingerprint density at radius 1 is 1.35 bits per heavy atom. The number of methoxy groups -OCH3 is 1. The Balaban J connectivity index is 1.67. The maximum absolute atomic E-state index is 11.3. The molecule has 1 aliphatic rings. The predicted octanol–water partition coefficient (Wildman–Crippen LogP) is 2.63. The van der Waals surface area contributed by atoms with Gasteiger partial charge in [0, 0.05) is 0 Å². The molecule has 0 spiro atoms. The summed E-state index contributed by atoms with van der Waals surface area (Å²) >= 11 is 0. The maximum Gasteiger partial charge on any atom is 0.337 e. The number of carbonyl (C=O) groups excluding carboxylic acids is 1. The third-order valence-electron chi connectivity index (χ3n) is 3.70. The molecule has 0 radical (unpaired) electrons. The van der Waals surface area contributed by atoms with Crippen LogP contribution in [-0.4, -0.2) is 32.8 Å². The van der Waals surface area contributed by atoms with Crippen molar-refractivity contribution in [3.05, 3.63) is 29.8 Å². The number of hydrogen-bond acceptors (Lipinski definition) is 4. The van der Waals surface area contributed by atoms with Crippen LogP contribution < -0.4 is 10.1 Å². The number of esters is 1. The molecule has 0 aromatic heterocycles. The van der Waals surface area contributed by atoms with Crippen molar-refractivity contribution >= 4 is 5.97 Å². The van der Waals surface area contributed by atoms with Gasteiger partial charge in [-0.25, -0.2) is 4.79 Å². The van der Waals surface area contributed by atoms with Crippen molar-refractivity contribution < 1.29 is 14.3 Å². The molecule has 0 aliphatic carbocycles. The van der Waals surface area contributed by atoms with Crippen LogP contribution in [0.3, 0.4) is 0 Å². The highest BCUT2D eigenvalue weighted by Gasteiger charge is 2.12. The Morgan fingerprint density at radius 2 is 2.15 bits per heavy atom. The van der Waals surface area contributed by atoms with Crippen LogP contribution in [-0.2, 0) is 4.74 Å². The summed E-state index contributed by atoms with van der Waals surface area (Å²) in [4.78, 5) is 11.3. The normalized spacial score (nSPS) is 18.6. The van der Waals surface area contributed by atoms with Crippen molar-refractivity contribution in [3.63, 3.8) is 0 Å². The Morgan fingerprint density at radius 3 is 2.80 bits per heavy atom. The molecule has 1 aliphatic heterocycles. The molecule has 1 heterocycles. The van der Waals surface area contributed by atoms with E-state index in [1.807, 2.05) is 12.1 Å². The van der Waals surface area contributed by atoms with Gasteiger partial charge < -0.3 is 14.8 Å². The zero-order chi connectivity index (χ0) is 14.2. The van der Waals surface area contributed by atoms with Crippen molar-refractivity contribution in [2.75, 3.05) is 26.8 Å². The summed E-state index contributed by atoms with van der Waals surface area (Å²) in [6.07, 6.45) is 4.92. The third-order valence-corrected chi connectivity index (χ3v) is 3.70. The first-order valence-electron chi connectivity index (χ1n) is 7.31.